The van der Waals surface area contributed by atoms with Crippen LogP contribution < -0.4 is 19.8 Å². The number of benzene rings is 1. The van der Waals surface area contributed by atoms with Crippen LogP contribution in [0.25, 0.3) is 10.4 Å². The van der Waals surface area contributed by atoms with Crippen molar-refractivity contribution in [3.8, 4) is 11.5 Å². The number of carbonyl (C=O) groups is 3. The normalized spacial score (nSPS) is 15.8. The van der Waals surface area contributed by atoms with Gasteiger partial charge >= 0.3 is 12.1 Å². The zero-order valence-electron chi connectivity index (χ0n) is 37.8. The maximum absolute atomic E-state index is 14.0. The van der Waals surface area contributed by atoms with Gasteiger partial charge in [0.25, 0.3) is 8.32 Å². The Balaban J connectivity index is 4.09. The van der Waals surface area contributed by atoms with Gasteiger partial charge in [-0.3, -0.25) is 9.59 Å². The number of amides is 2. The minimum absolute atomic E-state index is 0.0458. The third-order valence-corrected chi connectivity index (χ3v) is 19.4. The van der Waals surface area contributed by atoms with Gasteiger partial charge in [-0.05, 0) is 106 Å². The predicted octanol–water partition coefficient (Wildman–Crippen LogP) is 9.11. The van der Waals surface area contributed by atoms with Gasteiger partial charge in [0.15, 0.2) is 20.1 Å². The number of nitrogens with zero attached hydrogens (tertiary/aromatic N) is 3. The molecule has 1 aromatic rings. The highest BCUT2D eigenvalue weighted by molar-refractivity contribution is 6.75. The maximum atomic E-state index is 14.0. The van der Waals surface area contributed by atoms with Gasteiger partial charge in [0, 0.05) is 12.0 Å². The number of alkyl carbamates (subject to hydrolysis) is 1. The number of carbonyl (C=O) groups excluding carboxylic acids is 3. The Morgan fingerprint density at radius 2 is 1.49 bits per heavy atom. The van der Waals surface area contributed by atoms with Crippen LogP contribution in [-0.4, -0.2) is 91.6 Å². The van der Waals surface area contributed by atoms with E-state index in [-0.39, 0.29) is 23.5 Å². The molecular weight excluding hydrogens is 767 g/mol. The molecule has 17 heteroatoms. The number of hydrogen-bond acceptors (Lipinski definition) is 11. The number of rotatable bonds is 20. The quantitative estimate of drug-likeness (QED) is 0.0187. The highest BCUT2D eigenvalue weighted by Crippen LogP contribution is 2.45. The Labute approximate surface area is 343 Å². The molecule has 15 nitrogen and oxygen atoms in total. The first-order chi connectivity index (χ1) is 25.9. The average molecular weight is 838 g/mol. The first kappa shape index (κ1) is 51.4. The van der Waals surface area contributed by atoms with Gasteiger partial charge < -0.3 is 43.2 Å². The van der Waals surface area contributed by atoms with Gasteiger partial charge in [0.1, 0.15) is 29.8 Å². The van der Waals surface area contributed by atoms with Crippen LogP contribution in [0.5, 0.6) is 11.5 Å². The summed E-state index contributed by atoms with van der Waals surface area (Å²) >= 11 is 0. The van der Waals surface area contributed by atoms with Gasteiger partial charge in [0.2, 0.25) is 5.91 Å². The van der Waals surface area contributed by atoms with Crippen LogP contribution in [0.2, 0.25) is 36.3 Å². The standard InChI is InChI=1S/C40H71N5O10Si2/c1-20-40(13,30(24-51-25-49-14)42-34(46)31(26(2)3)43-36(48)53-37(4,5)6)52-29-23-27(21-22-28(29)54-56(16,17)38(7,8)9)33(32(44-45-41)35(47)50-15)55-57(18,19)39(10,11)12/h21-23,30-33H,2,20,24-25H2,1,3-19H3,(H,42,46)(H,43,48)/t30?,31-,32-,33-,40+/m0/s1. The zero-order valence-corrected chi connectivity index (χ0v) is 39.8. The van der Waals surface area contributed by atoms with E-state index in [1.807, 2.05) is 26.9 Å². The van der Waals surface area contributed by atoms with Crippen LogP contribution in [-0.2, 0) is 33.0 Å². The number of esters is 1. The van der Waals surface area contributed by atoms with Crippen molar-refractivity contribution in [2.45, 2.75) is 161 Å². The largest absolute Gasteiger partial charge is 0.541 e. The second kappa shape index (κ2) is 20.4. The van der Waals surface area contributed by atoms with E-state index in [4.69, 9.17) is 32.5 Å². The van der Waals surface area contributed by atoms with Crippen molar-refractivity contribution in [2.24, 2.45) is 5.11 Å². The Kier molecular flexibility index (Phi) is 18.4. The first-order valence-electron chi connectivity index (χ1n) is 19.2. The van der Waals surface area contributed by atoms with Gasteiger partial charge in [-0.2, -0.15) is 0 Å². The van der Waals surface area contributed by atoms with E-state index in [9.17, 15) is 19.9 Å². The summed E-state index contributed by atoms with van der Waals surface area (Å²) in [4.78, 5) is 43.0. The molecule has 57 heavy (non-hydrogen) atoms. The van der Waals surface area contributed by atoms with Crippen LogP contribution in [0.15, 0.2) is 35.5 Å². The Morgan fingerprint density at radius 3 is 1.95 bits per heavy atom. The van der Waals surface area contributed by atoms with Crippen molar-refractivity contribution in [2.75, 3.05) is 27.6 Å². The molecule has 1 rings (SSSR count). The lowest BCUT2D eigenvalue weighted by Gasteiger charge is -2.42. The molecule has 0 saturated carbocycles. The van der Waals surface area contributed by atoms with E-state index in [0.717, 1.165) is 0 Å². The smallest absolute Gasteiger partial charge is 0.408 e. The summed E-state index contributed by atoms with van der Waals surface area (Å²) in [5.41, 5.74) is 8.46. The fourth-order valence-corrected chi connectivity index (χ4v) is 7.14. The molecule has 0 aliphatic carbocycles. The molecule has 0 saturated heterocycles. The zero-order chi connectivity index (χ0) is 44.4. The van der Waals surface area contributed by atoms with Crippen molar-refractivity contribution >= 4 is 34.6 Å². The molecule has 0 radical (unpaired) electrons. The Bertz CT molecular complexity index is 1600. The second-order valence-corrected chi connectivity index (χ2v) is 28.1. The lowest BCUT2D eigenvalue weighted by Crippen LogP contribution is -2.60. The van der Waals surface area contributed by atoms with Gasteiger partial charge in [-0.15, -0.1) is 0 Å². The first-order valence-corrected chi connectivity index (χ1v) is 25.1. The fourth-order valence-electron chi connectivity index (χ4n) is 4.86. The molecule has 5 atom stereocenters. The number of ether oxygens (including phenoxy) is 5. The van der Waals surface area contributed by atoms with Crippen molar-refractivity contribution in [3.05, 3.63) is 46.4 Å². The van der Waals surface area contributed by atoms with Crippen molar-refractivity contribution < 1.29 is 46.9 Å². The third-order valence-electron chi connectivity index (χ3n) is 10.6. The van der Waals surface area contributed by atoms with E-state index < -0.39 is 70.0 Å². The molecule has 2 N–H and O–H groups in total. The Morgan fingerprint density at radius 1 is 0.912 bits per heavy atom. The number of azide groups is 1. The molecule has 2 amide bonds. The van der Waals surface area contributed by atoms with Crippen molar-refractivity contribution in [1.29, 1.82) is 0 Å². The molecule has 0 spiro atoms. The summed E-state index contributed by atoms with van der Waals surface area (Å²) in [6.07, 6.45) is -1.48. The van der Waals surface area contributed by atoms with Gasteiger partial charge in [0.05, 0.1) is 25.9 Å². The molecular formula is C40H71N5O10Si2. The molecule has 1 aromatic carbocycles. The summed E-state index contributed by atoms with van der Waals surface area (Å²) in [5.74, 6) is -0.593. The molecule has 0 aromatic heterocycles. The van der Waals surface area contributed by atoms with Crippen LogP contribution in [0.3, 0.4) is 0 Å². The second-order valence-electron chi connectivity index (χ2n) is 18.6. The van der Waals surface area contributed by atoms with Crippen molar-refractivity contribution in [1.82, 2.24) is 10.6 Å². The van der Waals surface area contributed by atoms with Gasteiger partial charge in [-0.25, -0.2) is 4.79 Å². The van der Waals surface area contributed by atoms with E-state index in [0.29, 0.717) is 29.1 Å². The summed E-state index contributed by atoms with van der Waals surface area (Å²) < 4.78 is 42.2. The maximum Gasteiger partial charge on any atom is 0.408 e. The molecule has 324 valence electrons. The summed E-state index contributed by atoms with van der Waals surface area (Å²) in [5, 5.41) is 9.05. The van der Waals surface area contributed by atoms with Crippen molar-refractivity contribution in [3.63, 3.8) is 0 Å². The van der Waals surface area contributed by atoms with Crippen LogP contribution in [0.1, 0.15) is 101 Å². The molecule has 0 aliphatic rings. The van der Waals surface area contributed by atoms with E-state index >= 15 is 0 Å². The van der Waals surface area contributed by atoms with Gasteiger partial charge in [-0.1, -0.05) is 66.2 Å². The minimum atomic E-state index is -2.63. The average Bonchev–Trinajstić information content (AvgIpc) is 3.06. The van der Waals surface area contributed by atoms with E-state index in [1.165, 1.54) is 14.2 Å². The fraction of sp³-hybridized carbons (Fsp3) is 0.725. The Hall–Kier alpha value is -3.61. The molecule has 0 bridgehead atoms. The van der Waals surface area contributed by atoms with E-state index in [2.05, 4.69) is 81.9 Å². The number of nitrogens with one attached hydrogen (secondary N) is 2. The third kappa shape index (κ3) is 14.9. The monoisotopic (exact) mass is 837 g/mol. The lowest BCUT2D eigenvalue weighted by atomic mass is 9.92. The van der Waals surface area contributed by atoms with Crippen LogP contribution in [0, 0.1) is 0 Å². The highest BCUT2D eigenvalue weighted by Gasteiger charge is 2.45. The highest BCUT2D eigenvalue weighted by atomic mass is 28.4. The summed E-state index contributed by atoms with van der Waals surface area (Å²) in [6, 6.07) is 1.94. The topological polar surface area (TPSA) is 189 Å². The summed E-state index contributed by atoms with van der Waals surface area (Å²) in [6.45, 7) is 35.2. The lowest BCUT2D eigenvalue weighted by molar-refractivity contribution is -0.144. The predicted molar refractivity (Wildman–Crippen MR) is 227 cm³/mol. The molecule has 0 heterocycles. The molecule has 0 aliphatic heterocycles. The van der Waals surface area contributed by atoms with Crippen LogP contribution >= 0.6 is 0 Å². The molecule has 0 fully saturated rings. The SMILES string of the molecule is C=C(C)[C@H](NC(=O)OC(C)(C)C)C(=O)NC(COCOC)[C@@](C)(CC)Oc1cc([C@H](O[Si](C)(C)C(C)(C)C)[C@H](N=[N+]=[N-])C(=O)OC)ccc1O[Si](C)(C)C(C)(C)C. The minimum Gasteiger partial charge on any atom is -0.541 e. The summed E-state index contributed by atoms with van der Waals surface area (Å²) in [7, 11) is -2.40. The van der Waals surface area contributed by atoms with Crippen LogP contribution in [0.4, 0.5) is 4.79 Å². The molecule has 1 unspecified atom stereocenters. The number of hydrogen-bond donors (Lipinski definition) is 2. The van der Waals surface area contributed by atoms with E-state index in [1.54, 1.807) is 45.9 Å². The number of methoxy groups -OCH3 is 2.